The molecule has 6 heteroatoms. The van der Waals surface area contributed by atoms with Crippen LogP contribution in [0, 0.1) is 5.92 Å². The molecule has 1 aromatic heterocycles. The molecule has 0 saturated carbocycles. The summed E-state index contributed by atoms with van der Waals surface area (Å²) >= 11 is 0. The van der Waals surface area contributed by atoms with E-state index in [4.69, 9.17) is 4.52 Å². The minimum Gasteiger partial charge on any atom is -0.396 e. The first kappa shape index (κ1) is 19.0. The van der Waals surface area contributed by atoms with E-state index in [9.17, 15) is 5.11 Å². The predicted octanol–water partition coefficient (Wildman–Crippen LogP) is 2.65. The third kappa shape index (κ3) is 5.13. The van der Waals surface area contributed by atoms with Crippen LogP contribution >= 0.6 is 0 Å². The highest BCUT2D eigenvalue weighted by molar-refractivity contribution is 5.53. The number of rotatable bonds is 8. The molecule has 1 saturated heterocycles. The monoisotopic (exact) mass is 358 g/mol. The van der Waals surface area contributed by atoms with Gasteiger partial charge < -0.3 is 9.63 Å². The van der Waals surface area contributed by atoms with E-state index in [0.717, 1.165) is 38.2 Å². The summed E-state index contributed by atoms with van der Waals surface area (Å²) in [4.78, 5) is 9.42. The number of piperazine rings is 1. The number of hydrogen-bond acceptors (Lipinski definition) is 6. The fraction of sp³-hybridized carbons (Fsp3) is 0.600. The molecule has 1 aliphatic heterocycles. The molecule has 0 aliphatic carbocycles. The zero-order chi connectivity index (χ0) is 18.4. The molecule has 0 bridgehead atoms. The van der Waals surface area contributed by atoms with E-state index in [1.165, 1.54) is 6.42 Å². The number of benzene rings is 1. The third-order valence-electron chi connectivity index (χ3n) is 5.00. The lowest BCUT2D eigenvalue weighted by Gasteiger charge is -2.41. The van der Waals surface area contributed by atoms with Gasteiger partial charge in [0.1, 0.15) is 0 Å². The van der Waals surface area contributed by atoms with Crippen molar-refractivity contribution in [3.05, 3.63) is 36.2 Å². The number of aliphatic hydroxyl groups is 1. The summed E-state index contributed by atoms with van der Waals surface area (Å²) in [6, 6.07) is 10.3. The van der Waals surface area contributed by atoms with Crippen LogP contribution in [0.1, 0.15) is 32.6 Å². The van der Waals surface area contributed by atoms with Gasteiger partial charge in [0.15, 0.2) is 0 Å². The second-order valence-electron chi connectivity index (χ2n) is 7.50. The van der Waals surface area contributed by atoms with Gasteiger partial charge >= 0.3 is 0 Å². The van der Waals surface area contributed by atoms with E-state index >= 15 is 0 Å². The van der Waals surface area contributed by atoms with E-state index in [2.05, 4.69) is 33.8 Å². The summed E-state index contributed by atoms with van der Waals surface area (Å²) in [6.45, 7) is 9.47. The molecule has 26 heavy (non-hydrogen) atoms. The molecule has 6 nitrogen and oxygen atoms in total. The fourth-order valence-electron chi connectivity index (χ4n) is 3.46. The summed E-state index contributed by atoms with van der Waals surface area (Å²) in [5.41, 5.74) is 0.971. The Bertz CT molecular complexity index is 659. The van der Waals surface area contributed by atoms with Crippen LogP contribution in [0.25, 0.3) is 11.4 Å². The van der Waals surface area contributed by atoms with Crippen LogP contribution in [0.4, 0.5) is 0 Å². The normalized spacial score (nSPS) is 19.3. The molecule has 1 fully saturated rings. The lowest BCUT2D eigenvalue weighted by Crippen LogP contribution is -2.53. The standard InChI is InChI=1S/C20H30N4O2/c1-16(2)8-10-24-12-11-23(14-18(24)9-13-25)15-19-21-20(22-26-19)17-6-4-3-5-7-17/h3-7,16,18,25H,8-15H2,1-2H3. The number of nitrogens with zero attached hydrogens (tertiary/aromatic N) is 4. The Balaban J connectivity index is 1.58. The van der Waals surface area contributed by atoms with Crippen molar-refractivity contribution in [1.82, 2.24) is 19.9 Å². The van der Waals surface area contributed by atoms with Gasteiger partial charge in [-0.15, -0.1) is 0 Å². The van der Waals surface area contributed by atoms with Crippen LogP contribution in [-0.2, 0) is 6.54 Å². The van der Waals surface area contributed by atoms with Crippen molar-refractivity contribution in [2.24, 2.45) is 5.92 Å². The molecular weight excluding hydrogens is 328 g/mol. The Kier molecular flexibility index (Phi) is 6.77. The highest BCUT2D eigenvalue weighted by Crippen LogP contribution is 2.19. The van der Waals surface area contributed by atoms with Crippen LogP contribution in [-0.4, -0.2) is 63.9 Å². The topological polar surface area (TPSA) is 65.6 Å². The Morgan fingerprint density at radius 2 is 2.04 bits per heavy atom. The average Bonchev–Trinajstić information content (AvgIpc) is 3.10. The third-order valence-corrected chi connectivity index (χ3v) is 5.00. The van der Waals surface area contributed by atoms with Crippen molar-refractivity contribution in [1.29, 1.82) is 0 Å². The highest BCUT2D eigenvalue weighted by atomic mass is 16.5. The Labute approximate surface area is 155 Å². The van der Waals surface area contributed by atoms with Crippen molar-refractivity contribution in [2.75, 3.05) is 32.8 Å². The minimum absolute atomic E-state index is 0.232. The van der Waals surface area contributed by atoms with Gasteiger partial charge in [-0.2, -0.15) is 4.98 Å². The summed E-state index contributed by atoms with van der Waals surface area (Å²) < 4.78 is 5.46. The second-order valence-corrected chi connectivity index (χ2v) is 7.50. The van der Waals surface area contributed by atoms with Gasteiger partial charge in [0, 0.05) is 37.8 Å². The van der Waals surface area contributed by atoms with Gasteiger partial charge in [0.05, 0.1) is 6.54 Å². The smallest absolute Gasteiger partial charge is 0.241 e. The quantitative estimate of drug-likeness (QED) is 0.783. The van der Waals surface area contributed by atoms with Gasteiger partial charge in [-0.3, -0.25) is 9.80 Å². The van der Waals surface area contributed by atoms with E-state index in [1.807, 2.05) is 30.3 Å². The molecule has 1 unspecified atom stereocenters. The Morgan fingerprint density at radius 3 is 2.77 bits per heavy atom. The van der Waals surface area contributed by atoms with E-state index in [0.29, 0.717) is 30.2 Å². The second kappa shape index (κ2) is 9.26. The molecule has 0 radical (unpaired) electrons. The van der Waals surface area contributed by atoms with Crippen molar-refractivity contribution in [3.8, 4) is 11.4 Å². The molecule has 0 amide bonds. The van der Waals surface area contributed by atoms with Crippen molar-refractivity contribution >= 4 is 0 Å². The molecule has 1 N–H and O–H groups in total. The first-order valence-electron chi connectivity index (χ1n) is 9.61. The zero-order valence-electron chi connectivity index (χ0n) is 15.8. The molecule has 1 atom stereocenters. The van der Waals surface area contributed by atoms with Gasteiger partial charge in [0.25, 0.3) is 0 Å². The lowest BCUT2D eigenvalue weighted by molar-refractivity contribution is 0.0474. The van der Waals surface area contributed by atoms with Crippen LogP contribution in [0.15, 0.2) is 34.9 Å². The lowest BCUT2D eigenvalue weighted by atomic mass is 10.1. The summed E-state index contributed by atoms with van der Waals surface area (Å²) in [6.07, 6.45) is 2.01. The molecule has 0 spiro atoms. The van der Waals surface area contributed by atoms with Crippen molar-refractivity contribution < 1.29 is 9.63 Å². The maximum Gasteiger partial charge on any atom is 0.241 e. The largest absolute Gasteiger partial charge is 0.396 e. The molecular formula is C20H30N4O2. The average molecular weight is 358 g/mol. The Morgan fingerprint density at radius 1 is 1.23 bits per heavy atom. The molecule has 1 aliphatic rings. The molecule has 1 aromatic carbocycles. The summed E-state index contributed by atoms with van der Waals surface area (Å²) in [5, 5.41) is 13.5. The van der Waals surface area contributed by atoms with Gasteiger partial charge in [-0.05, 0) is 25.3 Å². The van der Waals surface area contributed by atoms with Crippen molar-refractivity contribution in [2.45, 2.75) is 39.3 Å². The molecule has 2 aromatic rings. The predicted molar refractivity (Wildman–Crippen MR) is 102 cm³/mol. The van der Waals surface area contributed by atoms with Gasteiger partial charge in [-0.25, -0.2) is 0 Å². The Hall–Kier alpha value is -1.76. The van der Waals surface area contributed by atoms with Crippen LogP contribution in [0.5, 0.6) is 0 Å². The van der Waals surface area contributed by atoms with E-state index < -0.39 is 0 Å². The number of hydrogen-bond donors (Lipinski definition) is 1. The maximum atomic E-state index is 9.43. The van der Waals surface area contributed by atoms with Gasteiger partial charge in [-0.1, -0.05) is 49.3 Å². The molecule has 3 rings (SSSR count). The summed E-state index contributed by atoms with van der Waals surface area (Å²) in [5.74, 6) is 2.00. The van der Waals surface area contributed by atoms with E-state index in [-0.39, 0.29) is 6.61 Å². The first-order valence-corrected chi connectivity index (χ1v) is 9.61. The maximum absolute atomic E-state index is 9.43. The summed E-state index contributed by atoms with van der Waals surface area (Å²) in [7, 11) is 0. The molecule has 2 heterocycles. The van der Waals surface area contributed by atoms with Gasteiger partial charge in [0.2, 0.25) is 11.7 Å². The fourth-order valence-corrected chi connectivity index (χ4v) is 3.46. The molecule has 142 valence electrons. The van der Waals surface area contributed by atoms with Crippen LogP contribution < -0.4 is 0 Å². The van der Waals surface area contributed by atoms with Crippen molar-refractivity contribution in [3.63, 3.8) is 0 Å². The zero-order valence-corrected chi connectivity index (χ0v) is 15.8. The van der Waals surface area contributed by atoms with Crippen LogP contribution in [0.3, 0.4) is 0 Å². The first-order chi connectivity index (χ1) is 12.7. The van der Waals surface area contributed by atoms with Crippen LogP contribution in [0.2, 0.25) is 0 Å². The van der Waals surface area contributed by atoms with E-state index in [1.54, 1.807) is 0 Å². The minimum atomic E-state index is 0.232. The highest BCUT2D eigenvalue weighted by Gasteiger charge is 2.27. The number of aliphatic hydroxyl groups excluding tert-OH is 1. The number of aromatic nitrogens is 2. The SMILES string of the molecule is CC(C)CCN1CCN(Cc2nc(-c3ccccc3)no2)CC1CCO.